The monoisotopic (exact) mass is 438 g/mol. The molecular formula is C27H50O4. The molecule has 0 aliphatic rings. The molecule has 0 aromatic carbocycles. The maximum absolute atomic E-state index is 12.3. The predicted molar refractivity (Wildman–Crippen MR) is 130 cm³/mol. The highest BCUT2D eigenvalue weighted by molar-refractivity contribution is 5.69. The van der Waals surface area contributed by atoms with Crippen molar-refractivity contribution < 1.29 is 19.4 Å². The molecule has 0 spiro atoms. The minimum atomic E-state index is -0.723. The minimum absolute atomic E-state index is 0.0735. The maximum Gasteiger partial charge on any atom is 0.306 e. The van der Waals surface area contributed by atoms with Crippen LogP contribution in [0.1, 0.15) is 142 Å². The number of ether oxygens (including phenoxy) is 1. The predicted octanol–water partition coefficient (Wildman–Crippen LogP) is 8.38. The lowest BCUT2D eigenvalue weighted by Gasteiger charge is -2.15. The van der Waals surface area contributed by atoms with E-state index in [1.807, 2.05) is 0 Å². The zero-order chi connectivity index (χ0) is 23.0. The van der Waals surface area contributed by atoms with Crippen LogP contribution in [0.5, 0.6) is 0 Å². The van der Waals surface area contributed by atoms with E-state index in [4.69, 9.17) is 9.84 Å². The highest BCUT2D eigenvalue weighted by Crippen LogP contribution is 2.14. The first-order valence-corrected chi connectivity index (χ1v) is 13.2. The maximum atomic E-state index is 12.3. The van der Waals surface area contributed by atoms with Gasteiger partial charge in [0.2, 0.25) is 0 Å². The van der Waals surface area contributed by atoms with E-state index >= 15 is 0 Å². The van der Waals surface area contributed by atoms with Gasteiger partial charge in [-0.25, -0.2) is 0 Å². The number of aliphatic carboxylic acids is 1. The quantitative estimate of drug-likeness (QED) is 0.0988. The van der Waals surface area contributed by atoms with Gasteiger partial charge in [0.15, 0.2) is 0 Å². The van der Waals surface area contributed by atoms with Crippen LogP contribution in [-0.2, 0) is 14.3 Å². The highest BCUT2D eigenvalue weighted by Gasteiger charge is 2.11. The second-order valence-corrected chi connectivity index (χ2v) is 8.88. The Morgan fingerprint density at radius 2 is 1.23 bits per heavy atom. The van der Waals surface area contributed by atoms with Crippen molar-refractivity contribution in [1.29, 1.82) is 0 Å². The number of rotatable bonds is 23. The van der Waals surface area contributed by atoms with Crippen LogP contribution < -0.4 is 0 Å². The Labute approximate surface area is 192 Å². The molecule has 1 unspecified atom stereocenters. The van der Waals surface area contributed by atoms with Gasteiger partial charge in [0, 0.05) is 12.8 Å². The molecule has 4 heteroatoms. The number of carbonyl (C=O) groups excluding carboxylic acids is 1. The van der Waals surface area contributed by atoms with E-state index in [1.54, 1.807) is 0 Å². The molecule has 0 fully saturated rings. The van der Waals surface area contributed by atoms with Crippen LogP contribution in [0.3, 0.4) is 0 Å². The van der Waals surface area contributed by atoms with E-state index in [0.717, 1.165) is 51.4 Å². The van der Waals surface area contributed by atoms with Gasteiger partial charge in [0.25, 0.3) is 0 Å². The summed E-state index contributed by atoms with van der Waals surface area (Å²) in [6.07, 6.45) is 25.2. The number of carboxylic acids is 1. The Kier molecular flexibility index (Phi) is 22.4. The molecule has 0 aliphatic heterocycles. The zero-order valence-electron chi connectivity index (χ0n) is 20.5. The fourth-order valence-electron chi connectivity index (χ4n) is 3.74. The molecule has 0 aromatic rings. The van der Waals surface area contributed by atoms with Gasteiger partial charge in [0.1, 0.15) is 6.10 Å². The van der Waals surface area contributed by atoms with Crippen molar-refractivity contribution >= 4 is 11.9 Å². The summed E-state index contributed by atoms with van der Waals surface area (Å²) in [5.74, 6) is -0.797. The van der Waals surface area contributed by atoms with Crippen molar-refractivity contribution in [1.82, 2.24) is 0 Å². The Morgan fingerprint density at radius 1 is 0.710 bits per heavy atom. The van der Waals surface area contributed by atoms with Gasteiger partial charge in [-0.1, -0.05) is 97.0 Å². The molecule has 0 aliphatic carbocycles. The van der Waals surface area contributed by atoms with Crippen molar-refractivity contribution in [3.63, 3.8) is 0 Å². The average Bonchev–Trinajstić information content (AvgIpc) is 2.74. The fourth-order valence-corrected chi connectivity index (χ4v) is 3.74. The number of hydrogen-bond donors (Lipinski definition) is 1. The number of carbonyl (C=O) groups is 2. The molecule has 0 saturated heterocycles. The summed E-state index contributed by atoms with van der Waals surface area (Å²) in [4.78, 5) is 22.9. The number of carboxylic acid groups (broad SMARTS) is 1. The van der Waals surface area contributed by atoms with E-state index in [1.165, 1.54) is 64.2 Å². The molecule has 0 amide bonds. The second kappa shape index (κ2) is 23.3. The molecule has 4 nitrogen and oxygen atoms in total. The number of esters is 1. The summed E-state index contributed by atoms with van der Waals surface area (Å²) >= 11 is 0. The van der Waals surface area contributed by atoms with Gasteiger partial charge in [-0.15, -0.1) is 0 Å². The van der Waals surface area contributed by atoms with Crippen LogP contribution in [0.25, 0.3) is 0 Å². The largest absolute Gasteiger partial charge is 0.481 e. The van der Waals surface area contributed by atoms with Gasteiger partial charge in [-0.05, 0) is 44.6 Å². The summed E-state index contributed by atoms with van der Waals surface area (Å²) in [7, 11) is 0. The van der Waals surface area contributed by atoms with Crippen LogP contribution in [0.15, 0.2) is 12.2 Å². The summed E-state index contributed by atoms with van der Waals surface area (Å²) < 4.78 is 5.76. The van der Waals surface area contributed by atoms with Crippen LogP contribution in [-0.4, -0.2) is 23.1 Å². The molecule has 0 saturated carbocycles. The van der Waals surface area contributed by atoms with Crippen LogP contribution in [0, 0.1) is 0 Å². The van der Waals surface area contributed by atoms with Gasteiger partial charge in [-0.3, -0.25) is 9.59 Å². The zero-order valence-corrected chi connectivity index (χ0v) is 20.5. The lowest BCUT2D eigenvalue weighted by molar-refractivity contribution is -0.147. The van der Waals surface area contributed by atoms with E-state index in [0.29, 0.717) is 6.42 Å². The normalized spacial score (nSPS) is 12.3. The standard InChI is InChI=1S/C27H50O4/c1-3-5-7-9-11-12-13-17-21-25(22-18-15-16-19-23-26(28)29)31-27(30)24-20-14-10-8-6-4-2/h17,21,25H,3-16,18-20,22-24H2,1-2H3,(H,28,29)/b21-17-. The van der Waals surface area contributed by atoms with Gasteiger partial charge in [0.05, 0.1) is 0 Å². The van der Waals surface area contributed by atoms with Crippen molar-refractivity contribution in [3.8, 4) is 0 Å². The first kappa shape index (κ1) is 29.7. The lowest BCUT2D eigenvalue weighted by atomic mass is 10.1. The Morgan fingerprint density at radius 3 is 1.84 bits per heavy atom. The Bertz CT molecular complexity index is 445. The number of allylic oxidation sites excluding steroid dienone is 1. The van der Waals surface area contributed by atoms with Gasteiger partial charge >= 0.3 is 11.9 Å². The highest BCUT2D eigenvalue weighted by atomic mass is 16.5. The third-order valence-corrected chi connectivity index (χ3v) is 5.72. The average molecular weight is 439 g/mol. The Balaban J connectivity index is 4.17. The van der Waals surface area contributed by atoms with Crippen LogP contribution >= 0.6 is 0 Å². The van der Waals surface area contributed by atoms with Crippen molar-refractivity contribution in [3.05, 3.63) is 12.2 Å². The van der Waals surface area contributed by atoms with Gasteiger partial charge in [-0.2, -0.15) is 0 Å². The molecule has 1 atom stereocenters. The van der Waals surface area contributed by atoms with Crippen LogP contribution in [0.2, 0.25) is 0 Å². The third kappa shape index (κ3) is 23.2. The van der Waals surface area contributed by atoms with Crippen LogP contribution in [0.4, 0.5) is 0 Å². The molecular weight excluding hydrogens is 388 g/mol. The van der Waals surface area contributed by atoms with Crippen molar-refractivity contribution in [2.75, 3.05) is 0 Å². The van der Waals surface area contributed by atoms with E-state index in [-0.39, 0.29) is 18.5 Å². The van der Waals surface area contributed by atoms with Crippen molar-refractivity contribution in [2.45, 2.75) is 148 Å². The molecule has 0 rings (SSSR count). The summed E-state index contributed by atoms with van der Waals surface area (Å²) in [6.45, 7) is 4.45. The molecule has 31 heavy (non-hydrogen) atoms. The Hall–Kier alpha value is -1.32. The minimum Gasteiger partial charge on any atom is -0.481 e. The smallest absolute Gasteiger partial charge is 0.306 e. The summed E-state index contributed by atoms with van der Waals surface area (Å²) in [5.41, 5.74) is 0. The number of hydrogen-bond acceptors (Lipinski definition) is 3. The third-order valence-electron chi connectivity index (χ3n) is 5.72. The molecule has 0 radical (unpaired) electrons. The molecule has 0 bridgehead atoms. The topological polar surface area (TPSA) is 63.6 Å². The van der Waals surface area contributed by atoms with E-state index in [9.17, 15) is 9.59 Å². The van der Waals surface area contributed by atoms with Gasteiger partial charge < -0.3 is 9.84 Å². The summed E-state index contributed by atoms with van der Waals surface area (Å²) in [5, 5.41) is 8.72. The van der Waals surface area contributed by atoms with E-state index < -0.39 is 5.97 Å². The van der Waals surface area contributed by atoms with E-state index in [2.05, 4.69) is 26.0 Å². The second-order valence-electron chi connectivity index (χ2n) is 8.88. The molecule has 182 valence electrons. The number of unbranched alkanes of at least 4 members (excludes halogenated alkanes) is 14. The first-order chi connectivity index (χ1) is 15.1. The molecule has 1 N–H and O–H groups in total. The molecule has 0 aromatic heterocycles. The SMILES string of the molecule is CCCCCCCC/C=C\C(CCCCCCC(=O)O)OC(=O)CCCCCCCC. The van der Waals surface area contributed by atoms with Crippen molar-refractivity contribution in [2.24, 2.45) is 0 Å². The lowest BCUT2D eigenvalue weighted by Crippen LogP contribution is -2.16. The summed E-state index contributed by atoms with van der Waals surface area (Å²) in [6, 6.07) is 0. The first-order valence-electron chi connectivity index (χ1n) is 13.2. The fraction of sp³-hybridized carbons (Fsp3) is 0.852. The molecule has 0 heterocycles.